The molecule has 5 nitrogen and oxygen atoms in total. The average molecular weight is 293 g/mol. The van der Waals surface area contributed by atoms with E-state index >= 15 is 0 Å². The van der Waals surface area contributed by atoms with Crippen molar-refractivity contribution in [3.63, 3.8) is 0 Å². The summed E-state index contributed by atoms with van der Waals surface area (Å²) in [5, 5.41) is 3.46. The van der Waals surface area contributed by atoms with Crippen molar-refractivity contribution in [2.75, 3.05) is 38.3 Å². The fourth-order valence-corrected chi connectivity index (χ4v) is 2.05. The van der Waals surface area contributed by atoms with Crippen molar-refractivity contribution in [3.8, 4) is 0 Å². The summed E-state index contributed by atoms with van der Waals surface area (Å²) < 4.78 is 4.97. The molecule has 0 saturated heterocycles. The van der Waals surface area contributed by atoms with E-state index < -0.39 is 0 Å². The predicted octanol–water partition coefficient (Wildman–Crippen LogP) is 2.44. The van der Waals surface area contributed by atoms with Gasteiger partial charge in [0, 0.05) is 12.6 Å². The maximum atomic E-state index is 11.7. The summed E-state index contributed by atoms with van der Waals surface area (Å²) >= 11 is 0. The van der Waals surface area contributed by atoms with E-state index in [1.165, 1.54) is 0 Å². The van der Waals surface area contributed by atoms with Crippen molar-refractivity contribution < 1.29 is 9.53 Å². The number of esters is 1. The molecule has 0 bridgehead atoms. The van der Waals surface area contributed by atoms with E-state index in [0.29, 0.717) is 23.8 Å². The number of nitrogens with one attached hydrogen (secondary N) is 1. The minimum absolute atomic E-state index is 0.288. The largest absolute Gasteiger partial charge is 0.462 e. The Morgan fingerprint density at radius 2 is 2.05 bits per heavy atom. The van der Waals surface area contributed by atoms with Gasteiger partial charge in [0.1, 0.15) is 0 Å². The Labute approximate surface area is 127 Å². The Balaban J connectivity index is 2.86. The Hall–Kier alpha value is -1.75. The number of rotatable bonds is 7. The van der Waals surface area contributed by atoms with Crippen LogP contribution in [0.4, 0.5) is 11.4 Å². The molecular formula is C16H27N3O2. The fourth-order valence-electron chi connectivity index (χ4n) is 2.05. The molecule has 0 amide bonds. The number of nitrogens with zero attached hydrogens (tertiary/aromatic N) is 1. The molecule has 0 saturated carbocycles. The number of carbonyl (C=O) groups excluding carboxylic acids is 1. The fraction of sp³-hybridized carbons (Fsp3) is 0.562. The van der Waals surface area contributed by atoms with Crippen LogP contribution in [0.3, 0.4) is 0 Å². The molecule has 1 unspecified atom stereocenters. The number of nitrogen functional groups attached to an aromatic ring is 1. The molecular weight excluding hydrogens is 266 g/mol. The number of anilines is 2. The monoisotopic (exact) mass is 293 g/mol. The Kier molecular flexibility index (Phi) is 6.49. The topological polar surface area (TPSA) is 67.6 Å². The van der Waals surface area contributed by atoms with E-state index in [-0.39, 0.29) is 12.0 Å². The summed E-state index contributed by atoms with van der Waals surface area (Å²) in [5.74, 6) is 0.126. The predicted molar refractivity (Wildman–Crippen MR) is 87.6 cm³/mol. The van der Waals surface area contributed by atoms with Crippen molar-refractivity contribution >= 4 is 17.3 Å². The lowest BCUT2D eigenvalue weighted by molar-refractivity contribution is 0.0526. The van der Waals surface area contributed by atoms with Gasteiger partial charge in [-0.05, 0) is 45.1 Å². The van der Waals surface area contributed by atoms with Crippen LogP contribution >= 0.6 is 0 Å². The zero-order chi connectivity index (χ0) is 16.0. The van der Waals surface area contributed by atoms with Crippen LogP contribution in [0.2, 0.25) is 0 Å². The Bertz CT molecular complexity index is 473. The molecule has 1 atom stereocenters. The summed E-state index contributed by atoms with van der Waals surface area (Å²) in [7, 11) is 4.09. The third-order valence-electron chi connectivity index (χ3n) is 3.27. The van der Waals surface area contributed by atoms with Crippen molar-refractivity contribution in [2.24, 2.45) is 5.92 Å². The van der Waals surface area contributed by atoms with Crippen LogP contribution in [0.1, 0.15) is 31.1 Å². The van der Waals surface area contributed by atoms with E-state index in [1.807, 2.05) is 20.2 Å². The second-order valence-corrected chi connectivity index (χ2v) is 5.78. The average Bonchev–Trinajstić information content (AvgIpc) is 2.39. The zero-order valence-corrected chi connectivity index (χ0v) is 13.6. The lowest BCUT2D eigenvalue weighted by Crippen LogP contribution is -2.36. The first-order valence-corrected chi connectivity index (χ1v) is 7.33. The van der Waals surface area contributed by atoms with E-state index in [9.17, 15) is 4.79 Å². The van der Waals surface area contributed by atoms with Crippen LogP contribution in [-0.2, 0) is 4.74 Å². The van der Waals surface area contributed by atoms with Gasteiger partial charge in [-0.3, -0.25) is 0 Å². The molecule has 1 aromatic carbocycles. The molecule has 0 radical (unpaired) electrons. The molecule has 118 valence electrons. The second-order valence-electron chi connectivity index (χ2n) is 5.78. The van der Waals surface area contributed by atoms with Gasteiger partial charge in [-0.25, -0.2) is 4.79 Å². The zero-order valence-electron chi connectivity index (χ0n) is 13.6. The molecule has 0 spiro atoms. The molecule has 0 aliphatic rings. The molecule has 0 aromatic heterocycles. The minimum Gasteiger partial charge on any atom is -0.462 e. The molecule has 1 aromatic rings. The van der Waals surface area contributed by atoms with Crippen LogP contribution in [0.15, 0.2) is 18.2 Å². The molecule has 0 aliphatic heterocycles. The number of hydrogen-bond donors (Lipinski definition) is 2. The Morgan fingerprint density at radius 3 is 2.52 bits per heavy atom. The third-order valence-corrected chi connectivity index (χ3v) is 3.27. The summed E-state index contributed by atoms with van der Waals surface area (Å²) in [6, 6.07) is 5.53. The summed E-state index contributed by atoms with van der Waals surface area (Å²) in [4.78, 5) is 13.8. The molecule has 1 rings (SSSR count). The number of ether oxygens (including phenoxy) is 1. The van der Waals surface area contributed by atoms with Gasteiger partial charge in [0.15, 0.2) is 0 Å². The smallest absolute Gasteiger partial charge is 0.338 e. The SMILES string of the molecule is CCOC(=O)c1ccc(NC(CN(C)C)C(C)C)c(N)c1. The molecule has 0 heterocycles. The van der Waals surface area contributed by atoms with Gasteiger partial charge in [0.05, 0.1) is 23.5 Å². The first-order valence-electron chi connectivity index (χ1n) is 7.33. The third kappa shape index (κ3) is 5.27. The van der Waals surface area contributed by atoms with Crippen LogP contribution in [0, 0.1) is 5.92 Å². The number of benzene rings is 1. The maximum Gasteiger partial charge on any atom is 0.338 e. The summed E-state index contributed by atoms with van der Waals surface area (Å²) in [6.45, 7) is 7.40. The summed E-state index contributed by atoms with van der Waals surface area (Å²) in [6.07, 6.45) is 0. The first-order chi connectivity index (χ1) is 9.85. The number of hydrogen-bond acceptors (Lipinski definition) is 5. The van der Waals surface area contributed by atoms with E-state index in [4.69, 9.17) is 10.5 Å². The van der Waals surface area contributed by atoms with Gasteiger partial charge in [-0.15, -0.1) is 0 Å². The quantitative estimate of drug-likeness (QED) is 0.597. The number of carbonyl (C=O) groups is 1. The van der Waals surface area contributed by atoms with Crippen LogP contribution in [0.25, 0.3) is 0 Å². The number of likely N-dealkylation sites (N-methyl/N-ethyl adjacent to an activating group) is 1. The second kappa shape index (κ2) is 7.88. The van der Waals surface area contributed by atoms with E-state index in [0.717, 1.165) is 12.2 Å². The van der Waals surface area contributed by atoms with Gasteiger partial charge in [-0.1, -0.05) is 13.8 Å². The normalized spacial score (nSPS) is 12.5. The van der Waals surface area contributed by atoms with Gasteiger partial charge >= 0.3 is 5.97 Å². The van der Waals surface area contributed by atoms with Crippen molar-refractivity contribution in [1.29, 1.82) is 0 Å². The van der Waals surface area contributed by atoms with Crippen LogP contribution < -0.4 is 11.1 Å². The first kappa shape index (κ1) is 17.3. The van der Waals surface area contributed by atoms with Crippen molar-refractivity contribution in [2.45, 2.75) is 26.8 Å². The molecule has 3 N–H and O–H groups in total. The van der Waals surface area contributed by atoms with Crippen LogP contribution in [-0.4, -0.2) is 44.2 Å². The highest BCUT2D eigenvalue weighted by molar-refractivity contribution is 5.91. The molecule has 21 heavy (non-hydrogen) atoms. The lowest BCUT2D eigenvalue weighted by Gasteiger charge is -2.27. The van der Waals surface area contributed by atoms with Crippen molar-refractivity contribution in [3.05, 3.63) is 23.8 Å². The van der Waals surface area contributed by atoms with Gasteiger partial charge < -0.3 is 20.7 Å². The van der Waals surface area contributed by atoms with Gasteiger partial charge in [0.2, 0.25) is 0 Å². The minimum atomic E-state index is -0.343. The van der Waals surface area contributed by atoms with Gasteiger partial charge in [0.25, 0.3) is 0 Å². The highest BCUT2D eigenvalue weighted by atomic mass is 16.5. The molecule has 0 aliphatic carbocycles. The highest BCUT2D eigenvalue weighted by Gasteiger charge is 2.16. The van der Waals surface area contributed by atoms with E-state index in [1.54, 1.807) is 19.1 Å². The standard InChI is InChI=1S/C16H27N3O2/c1-6-21-16(20)12-7-8-14(13(17)9-12)18-15(11(2)3)10-19(4)5/h7-9,11,15,18H,6,10,17H2,1-5H3. The maximum absolute atomic E-state index is 11.7. The molecule has 5 heteroatoms. The van der Waals surface area contributed by atoms with Crippen LogP contribution in [0.5, 0.6) is 0 Å². The lowest BCUT2D eigenvalue weighted by atomic mass is 10.0. The van der Waals surface area contributed by atoms with Crippen molar-refractivity contribution in [1.82, 2.24) is 4.90 Å². The molecule has 0 fully saturated rings. The Morgan fingerprint density at radius 1 is 1.38 bits per heavy atom. The van der Waals surface area contributed by atoms with Gasteiger partial charge in [-0.2, -0.15) is 0 Å². The number of nitrogens with two attached hydrogens (primary N) is 1. The summed E-state index contributed by atoms with van der Waals surface area (Å²) in [5.41, 5.74) is 7.94. The highest BCUT2D eigenvalue weighted by Crippen LogP contribution is 2.23. The van der Waals surface area contributed by atoms with E-state index in [2.05, 4.69) is 24.1 Å².